The Labute approximate surface area is 93.8 Å². The van der Waals surface area contributed by atoms with E-state index in [9.17, 15) is 0 Å². The topological polar surface area (TPSA) is 0 Å². The minimum atomic E-state index is 0.692. The maximum atomic E-state index is 3.63. The van der Waals surface area contributed by atoms with Crippen LogP contribution >= 0.6 is 15.9 Å². The highest BCUT2D eigenvalue weighted by molar-refractivity contribution is 9.09. The van der Waals surface area contributed by atoms with Crippen molar-refractivity contribution in [3.63, 3.8) is 0 Å². The minimum absolute atomic E-state index is 0.692. The summed E-state index contributed by atoms with van der Waals surface area (Å²) < 4.78 is 0. The van der Waals surface area contributed by atoms with Crippen LogP contribution in [-0.2, 0) is 12.8 Å². The first-order chi connectivity index (χ1) is 6.84. The van der Waals surface area contributed by atoms with Gasteiger partial charge in [0.1, 0.15) is 0 Å². The number of fused-ring (bicyclic) bond motifs is 1. The molecule has 2 atom stereocenters. The van der Waals surface area contributed by atoms with Gasteiger partial charge in [-0.05, 0) is 48.1 Å². The molecule has 2 aliphatic carbocycles. The molecule has 0 amide bonds. The maximum Gasteiger partial charge on any atom is 0.00653 e. The fourth-order valence-electron chi connectivity index (χ4n) is 3.00. The number of rotatable bonds is 1. The Bertz CT molecular complexity index is 358. The summed E-state index contributed by atoms with van der Waals surface area (Å²) in [6, 6.07) is 8.97. The lowest BCUT2D eigenvalue weighted by Gasteiger charge is -2.25. The van der Waals surface area contributed by atoms with E-state index in [1.807, 2.05) is 0 Å². The maximum absolute atomic E-state index is 3.63. The first-order valence-electron chi connectivity index (χ1n) is 5.47. The molecule has 1 aromatic carbocycles. The van der Waals surface area contributed by atoms with Crippen LogP contribution in [0.15, 0.2) is 24.3 Å². The lowest BCUT2D eigenvalue weighted by atomic mass is 9.80. The molecule has 0 N–H and O–H groups in total. The molecule has 74 valence electrons. The molecule has 1 saturated carbocycles. The molecule has 3 rings (SSSR count). The molecule has 0 nitrogen and oxygen atoms in total. The van der Waals surface area contributed by atoms with Gasteiger partial charge >= 0.3 is 0 Å². The SMILES string of the molecule is BrCC1CC12CCc1ccccc1C2. The van der Waals surface area contributed by atoms with Gasteiger partial charge in [-0.25, -0.2) is 0 Å². The van der Waals surface area contributed by atoms with Crippen molar-refractivity contribution in [3.8, 4) is 0 Å². The largest absolute Gasteiger partial charge is 0.0925 e. The zero-order chi connectivity index (χ0) is 9.60. The van der Waals surface area contributed by atoms with Gasteiger partial charge in [0, 0.05) is 5.33 Å². The van der Waals surface area contributed by atoms with Gasteiger partial charge in [-0.2, -0.15) is 0 Å². The second-order valence-electron chi connectivity index (χ2n) is 4.86. The van der Waals surface area contributed by atoms with E-state index >= 15 is 0 Å². The fraction of sp³-hybridized carbons (Fsp3) is 0.538. The lowest BCUT2D eigenvalue weighted by Crippen LogP contribution is -2.17. The number of halogens is 1. The van der Waals surface area contributed by atoms with Gasteiger partial charge < -0.3 is 0 Å². The molecular weight excluding hydrogens is 236 g/mol. The first-order valence-corrected chi connectivity index (χ1v) is 6.59. The highest BCUT2D eigenvalue weighted by Crippen LogP contribution is 2.60. The average Bonchev–Trinajstić information content (AvgIpc) is 2.91. The predicted molar refractivity (Wildman–Crippen MR) is 62.8 cm³/mol. The third kappa shape index (κ3) is 1.25. The summed E-state index contributed by atoms with van der Waals surface area (Å²) in [6.07, 6.45) is 5.51. The van der Waals surface area contributed by atoms with E-state index in [0.717, 1.165) is 5.92 Å². The highest BCUT2D eigenvalue weighted by Gasteiger charge is 2.53. The van der Waals surface area contributed by atoms with Gasteiger partial charge in [-0.1, -0.05) is 40.2 Å². The number of hydrogen-bond donors (Lipinski definition) is 0. The molecule has 2 aliphatic rings. The summed E-state index contributed by atoms with van der Waals surface area (Å²) in [7, 11) is 0. The van der Waals surface area contributed by atoms with Crippen molar-refractivity contribution in [2.24, 2.45) is 11.3 Å². The molecule has 2 unspecified atom stereocenters. The third-order valence-corrected chi connectivity index (χ3v) is 4.88. The number of hydrogen-bond acceptors (Lipinski definition) is 0. The average molecular weight is 251 g/mol. The highest BCUT2D eigenvalue weighted by atomic mass is 79.9. The molecular formula is C13H15Br. The van der Waals surface area contributed by atoms with Crippen molar-refractivity contribution < 1.29 is 0 Å². The van der Waals surface area contributed by atoms with Crippen LogP contribution in [-0.4, -0.2) is 5.33 Å². The molecule has 1 aromatic rings. The number of benzene rings is 1. The van der Waals surface area contributed by atoms with Gasteiger partial charge in [0.2, 0.25) is 0 Å². The van der Waals surface area contributed by atoms with Gasteiger partial charge in [0.25, 0.3) is 0 Å². The lowest BCUT2D eigenvalue weighted by molar-refractivity contribution is 0.405. The van der Waals surface area contributed by atoms with E-state index in [1.165, 1.54) is 31.0 Å². The van der Waals surface area contributed by atoms with Crippen LogP contribution in [0.2, 0.25) is 0 Å². The Morgan fingerprint density at radius 1 is 1.29 bits per heavy atom. The monoisotopic (exact) mass is 250 g/mol. The second kappa shape index (κ2) is 3.10. The second-order valence-corrected chi connectivity index (χ2v) is 5.51. The van der Waals surface area contributed by atoms with Crippen LogP contribution in [0.5, 0.6) is 0 Å². The Balaban J connectivity index is 1.88. The molecule has 0 aromatic heterocycles. The zero-order valence-corrected chi connectivity index (χ0v) is 9.89. The smallest absolute Gasteiger partial charge is 0.00653 e. The summed E-state index contributed by atoms with van der Waals surface area (Å²) in [5.41, 5.74) is 3.90. The molecule has 1 heteroatoms. The molecule has 1 fully saturated rings. The predicted octanol–water partition coefficient (Wildman–Crippen LogP) is 3.58. The molecule has 0 heterocycles. The van der Waals surface area contributed by atoms with Crippen LogP contribution in [0.3, 0.4) is 0 Å². The van der Waals surface area contributed by atoms with Crippen molar-refractivity contribution in [3.05, 3.63) is 35.4 Å². The van der Waals surface area contributed by atoms with Gasteiger partial charge in [-0.15, -0.1) is 0 Å². The quantitative estimate of drug-likeness (QED) is 0.669. The van der Waals surface area contributed by atoms with Crippen LogP contribution in [0, 0.1) is 11.3 Å². The van der Waals surface area contributed by atoms with E-state index in [1.54, 1.807) is 11.1 Å². The normalized spacial score (nSPS) is 34.2. The van der Waals surface area contributed by atoms with E-state index in [0.29, 0.717) is 5.41 Å². The van der Waals surface area contributed by atoms with Crippen molar-refractivity contribution in [1.82, 2.24) is 0 Å². The first kappa shape index (κ1) is 8.96. The molecule has 0 aliphatic heterocycles. The van der Waals surface area contributed by atoms with Gasteiger partial charge in [0.15, 0.2) is 0 Å². The van der Waals surface area contributed by atoms with Crippen molar-refractivity contribution in [2.45, 2.75) is 25.7 Å². The minimum Gasteiger partial charge on any atom is -0.0925 e. The van der Waals surface area contributed by atoms with Gasteiger partial charge in [-0.3, -0.25) is 0 Å². The fourth-order valence-corrected chi connectivity index (χ4v) is 3.91. The van der Waals surface area contributed by atoms with E-state index in [4.69, 9.17) is 0 Å². The van der Waals surface area contributed by atoms with Crippen LogP contribution in [0.1, 0.15) is 24.0 Å². The van der Waals surface area contributed by atoms with Crippen LogP contribution in [0.4, 0.5) is 0 Å². The Morgan fingerprint density at radius 2 is 2.07 bits per heavy atom. The van der Waals surface area contributed by atoms with Crippen LogP contribution in [0.25, 0.3) is 0 Å². The van der Waals surface area contributed by atoms with E-state index in [2.05, 4.69) is 40.2 Å². The third-order valence-electron chi connectivity index (χ3n) is 4.10. The number of alkyl halides is 1. The summed E-state index contributed by atoms with van der Waals surface area (Å²) >= 11 is 3.63. The van der Waals surface area contributed by atoms with E-state index < -0.39 is 0 Å². The standard InChI is InChI=1S/C13H15Br/c14-9-12-8-13(12)6-5-10-3-1-2-4-11(10)7-13/h1-4,12H,5-9H2. The molecule has 0 radical (unpaired) electrons. The zero-order valence-electron chi connectivity index (χ0n) is 8.30. The van der Waals surface area contributed by atoms with Gasteiger partial charge in [0.05, 0.1) is 0 Å². The molecule has 14 heavy (non-hydrogen) atoms. The molecule has 0 saturated heterocycles. The Hall–Kier alpha value is -0.300. The molecule has 0 bridgehead atoms. The Morgan fingerprint density at radius 3 is 2.79 bits per heavy atom. The van der Waals surface area contributed by atoms with Crippen molar-refractivity contribution >= 4 is 15.9 Å². The molecule has 1 spiro atoms. The summed E-state index contributed by atoms with van der Waals surface area (Å²) in [5, 5.41) is 1.20. The van der Waals surface area contributed by atoms with Crippen molar-refractivity contribution in [1.29, 1.82) is 0 Å². The Kier molecular flexibility index (Phi) is 1.98. The summed E-state index contributed by atoms with van der Waals surface area (Å²) in [4.78, 5) is 0. The summed E-state index contributed by atoms with van der Waals surface area (Å²) in [5.74, 6) is 0.954. The van der Waals surface area contributed by atoms with Crippen LogP contribution < -0.4 is 0 Å². The van der Waals surface area contributed by atoms with Crippen molar-refractivity contribution in [2.75, 3.05) is 5.33 Å². The summed E-state index contributed by atoms with van der Waals surface area (Å²) in [6.45, 7) is 0. The van der Waals surface area contributed by atoms with E-state index in [-0.39, 0.29) is 0 Å². The number of aryl methyl sites for hydroxylation is 1.